The van der Waals surface area contributed by atoms with Gasteiger partial charge in [0.15, 0.2) is 0 Å². The number of amides is 1. The van der Waals surface area contributed by atoms with E-state index in [1.807, 2.05) is 44.2 Å². The maximum absolute atomic E-state index is 13.6. The number of anilines is 1. The molecule has 4 rings (SSSR count). The van der Waals surface area contributed by atoms with Crippen LogP contribution in [-0.4, -0.2) is 57.2 Å². The van der Waals surface area contributed by atoms with Gasteiger partial charge in [-0.15, -0.1) is 10.8 Å². The molecule has 5 N–H and O–H groups in total. The molecule has 0 radical (unpaired) electrons. The highest BCUT2D eigenvalue weighted by Gasteiger charge is 2.31. The van der Waals surface area contributed by atoms with Crippen LogP contribution >= 0.6 is 10.8 Å². The van der Waals surface area contributed by atoms with Crippen molar-refractivity contribution < 1.29 is 36.9 Å². The van der Waals surface area contributed by atoms with E-state index in [2.05, 4.69) is 10.6 Å². The van der Waals surface area contributed by atoms with Crippen molar-refractivity contribution >= 4 is 22.4 Å². The number of carbonyl (C=O) groups is 1. The van der Waals surface area contributed by atoms with Crippen molar-refractivity contribution in [2.24, 2.45) is 0 Å². The third kappa shape index (κ3) is 9.10. The second-order valence-electron chi connectivity index (χ2n) is 10.8. The third-order valence-electron chi connectivity index (χ3n) is 6.96. The van der Waals surface area contributed by atoms with Crippen LogP contribution in [0.4, 0.5) is 18.9 Å². The van der Waals surface area contributed by atoms with Gasteiger partial charge in [-0.2, -0.15) is 13.2 Å². The lowest BCUT2D eigenvalue weighted by Crippen LogP contribution is -2.48. The molecular formula is C31H38F3N3O5S. The Kier molecular flexibility index (Phi) is 10.6. The number of nitrogens with zero attached hydrogens (tertiary/aromatic N) is 1. The van der Waals surface area contributed by atoms with Gasteiger partial charge in [0.05, 0.1) is 35.3 Å². The Morgan fingerprint density at radius 1 is 1.02 bits per heavy atom. The van der Waals surface area contributed by atoms with Crippen LogP contribution in [0.3, 0.4) is 0 Å². The fraction of sp³-hybridized carbons (Fsp3) is 0.387. The van der Waals surface area contributed by atoms with Crippen molar-refractivity contribution in [1.29, 1.82) is 0 Å². The van der Waals surface area contributed by atoms with Gasteiger partial charge < -0.3 is 20.5 Å². The highest BCUT2D eigenvalue weighted by molar-refractivity contribution is 8.25. The summed E-state index contributed by atoms with van der Waals surface area (Å²) >= 11 is 0. The van der Waals surface area contributed by atoms with Crippen LogP contribution in [0.25, 0.3) is 0 Å². The quantitative estimate of drug-likeness (QED) is 0.172. The lowest BCUT2D eigenvalue weighted by molar-refractivity contribution is -0.137. The van der Waals surface area contributed by atoms with Crippen LogP contribution in [0.2, 0.25) is 0 Å². The zero-order valence-electron chi connectivity index (χ0n) is 24.1. The molecule has 0 unspecified atom stereocenters. The first-order valence-electron chi connectivity index (χ1n) is 14.1. The molecule has 0 bridgehead atoms. The highest BCUT2D eigenvalue weighted by atomic mass is 32.3. The molecule has 1 heterocycles. The van der Waals surface area contributed by atoms with Gasteiger partial charge in [-0.3, -0.25) is 18.2 Å². The number of alkyl halides is 3. The molecular weight excluding hydrogens is 583 g/mol. The number of ether oxygens (including phenoxy) is 1. The summed E-state index contributed by atoms with van der Waals surface area (Å²) in [6.45, 7) is 4.20. The maximum Gasteiger partial charge on any atom is 0.416 e. The average Bonchev–Trinajstić information content (AvgIpc) is 3.31. The van der Waals surface area contributed by atoms with Gasteiger partial charge in [0, 0.05) is 31.3 Å². The molecule has 43 heavy (non-hydrogen) atoms. The Hall–Kier alpha value is -3.29. The Morgan fingerprint density at radius 2 is 1.74 bits per heavy atom. The number of hydrogen-bond acceptors (Lipinski definition) is 7. The molecule has 1 fully saturated rings. The van der Waals surface area contributed by atoms with E-state index >= 15 is 0 Å². The van der Waals surface area contributed by atoms with Crippen LogP contribution in [-0.2, 0) is 19.1 Å². The summed E-state index contributed by atoms with van der Waals surface area (Å²) in [6.07, 6.45) is -4.85. The number of benzene rings is 3. The normalized spacial score (nSPS) is 17.0. The maximum atomic E-state index is 13.6. The summed E-state index contributed by atoms with van der Waals surface area (Å²) in [5.74, 6) is 0.134. The van der Waals surface area contributed by atoms with E-state index in [0.717, 1.165) is 17.7 Å². The highest BCUT2D eigenvalue weighted by Crippen LogP contribution is 2.51. The van der Waals surface area contributed by atoms with Gasteiger partial charge >= 0.3 is 6.18 Å². The first kappa shape index (κ1) is 32.6. The minimum absolute atomic E-state index is 0.00442. The summed E-state index contributed by atoms with van der Waals surface area (Å²) in [5, 5.41) is 17.0. The number of aliphatic hydroxyl groups excluding tert-OH is 1. The van der Waals surface area contributed by atoms with E-state index in [1.54, 1.807) is 24.3 Å². The average molecular weight is 622 g/mol. The van der Waals surface area contributed by atoms with E-state index < -0.39 is 40.6 Å². The molecule has 0 spiro atoms. The molecule has 3 aromatic rings. The first-order valence-corrected chi connectivity index (χ1v) is 15.7. The predicted molar refractivity (Wildman–Crippen MR) is 162 cm³/mol. The molecule has 0 aliphatic carbocycles. The molecule has 1 aliphatic rings. The van der Waals surface area contributed by atoms with Crippen molar-refractivity contribution in [3.8, 4) is 5.75 Å². The molecule has 234 valence electrons. The van der Waals surface area contributed by atoms with E-state index in [9.17, 15) is 32.2 Å². The first-order chi connectivity index (χ1) is 20.3. The predicted octanol–water partition coefficient (Wildman–Crippen LogP) is 5.86. The number of halogens is 3. The topological polar surface area (TPSA) is 114 Å². The molecule has 12 heteroatoms. The van der Waals surface area contributed by atoms with Crippen LogP contribution in [0, 0.1) is 0 Å². The molecule has 1 amide bonds. The van der Waals surface area contributed by atoms with E-state index in [1.165, 1.54) is 10.4 Å². The molecule has 2 atom stereocenters. The Labute approximate surface area is 251 Å². The second-order valence-corrected chi connectivity index (χ2v) is 13.0. The summed E-state index contributed by atoms with van der Waals surface area (Å²) < 4.78 is 67.7. The molecule has 8 nitrogen and oxygen atoms in total. The monoisotopic (exact) mass is 621 g/mol. The van der Waals surface area contributed by atoms with Crippen LogP contribution < -0.4 is 19.7 Å². The lowest BCUT2D eigenvalue weighted by Gasteiger charge is -2.38. The molecule has 0 saturated carbocycles. The third-order valence-corrected chi connectivity index (χ3v) is 8.90. The number of rotatable bonds is 12. The van der Waals surface area contributed by atoms with Crippen LogP contribution in [0.15, 0.2) is 72.8 Å². The minimum Gasteiger partial charge on any atom is -0.491 e. The molecule has 3 aromatic carbocycles. The largest absolute Gasteiger partial charge is 0.491 e. The smallest absolute Gasteiger partial charge is 0.416 e. The van der Waals surface area contributed by atoms with Crippen molar-refractivity contribution in [2.45, 2.75) is 57.7 Å². The molecule has 1 saturated heterocycles. The number of nitrogens with one attached hydrogen (secondary N) is 2. The summed E-state index contributed by atoms with van der Waals surface area (Å²) in [5.41, 5.74) is 1.20. The zero-order valence-corrected chi connectivity index (χ0v) is 24.9. The minimum atomic E-state index is -4.45. The van der Waals surface area contributed by atoms with Crippen molar-refractivity contribution in [3.63, 3.8) is 0 Å². The number of aliphatic hydroxyl groups is 1. The number of hydrogen-bond donors (Lipinski definition) is 5. The van der Waals surface area contributed by atoms with Gasteiger partial charge in [-0.05, 0) is 56.0 Å². The van der Waals surface area contributed by atoms with Gasteiger partial charge in [-0.25, -0.2) is 0 Å². The fourth-order valence-electron chi connectivity index (χ4n) is 4.92. The lowest BCUT2D eigenvalue weighted by atomic mass is 10.00. The Balaban J connectivity index is 1.52. The van der Waals surface area contributed by atoms with Crippen molar-refractivity contribution in [2.75, 3.05) is 23.1 Å². The van der Waals surface area contributed by atoms with Gasteiger partial charge in [0.1, 0.15) is 5.75 Å². The van der Waals surface area contributed by atoms with Crippen LogP contribution in [0.5, 0.6) is 5.75 Å². The Morgan fingerprint density at radius 3 is 2.40 bits per heavy atom. The SMILES string of the molecule is CC(C)Oc1cc(C(=O)N[C@@H](Cc2ccccc2)[C@@H](O)CNCc2cccc(C(F)(F)F)c2)cc(N2CCCS2(O)O)c1. The second kappa shape index (κ2) is 14.0. The van der Waals surface area contributed by atoms with Gasteiger partial charge in [0.25, 0.3) is 5.91 Å². The van der Waals surface area contributed by atoms with Gasteiger partial charge in [0.2, 0.25) is 0 Å². The van der Waals surface area contributed by atoms with E-state index in [0.29, 0.717) is 36.4 Å². The van der Waals surface area contributed by atoms with E-state index in [4.69, 9.17) is 4.74 Å². The zero-order chi connectivity index (χ0) is 31.2. The van der Waals surface area contributed by atoms with Crippen molar-refractivity contribution in [3.05, 3.63) is 95.1 Å². The Bertz CT molecular complexity index is 1370. The summed E-state index contributed by atoms with van der Waals surface area (Å²) in [7, 11) is -3.01. The van der Waals surface area contributed by atoms with E-state index in [-0.39, 0.29) is 30.5 Å². The van der Waals surface area contributed by atoms with Crippen LogP contribution in [0.1, 0.15) is 47.3 Å². The fourth-order valence-corrected chi connectivity index (χ4v) is 6.52. The molecule has 0 aromatic heterocycles. The number of carbonyl (C=O) groups excluding carboxylic acids is 1. The summed E-state index contributed by atoms with van der Waals surface area (Å²) in [4.78, 5) is 13.6. The standard InChI is InChI=1S/C31H38F3N3O5S/c1-21(2)42-27-17-24(16-26(18-27)37-12-7-13-43(37,40)41)30(39)36-28(15-22-8-4-3-5-9-22)29(38)20-35-19-23-10-6-11-25(14-23)31(32,33)34/h3-6,8-11,14,16-18,21,28-29,35,38,40-41H,7,12-13,15,19-20H2,1-2H3,(H,36,39)/t28-,29-/m0/s1. The van der Waals surface area contributed by atoms with Gasteiger partial charge in [-0.1, -0.05) is 48.5 Å². The van der Waals surface area contributed by atoms with Crippen molar-refractivity contribution in [1.82, 2.24) is 10.6 Å². The molecule has 1 aliphatic heterocycles. The summed E-state index contributed by atoms with van der Waals surface area (Å²) in [6, 6.07) is 18.3.